The Hall–Kier alpha value is -1.91. The zero-order valence-electron chi connectivity index (χ0n) is 10.8. The molecule has 104 valence electrons. The van der Waals surface area contributed by atoms with E-state index in [4.69, 9.17) is 11.6 Å². The van der Waals surface area contributed by atoms with E-state index in [1.165, 1.54) is 0 Å². The van der Waals surface area contributed by atoms with Gasteiger partial charge in [0, 0.05) is 27.8 Å². The molecule has 0 aliphatic rings. The second-order valence-electron chi connectivity index (χ2n) is 4.43. The molecule has 0 saturated heterocycles. The van der Waals surface area contributed by atoms with Crippen LogP contribution in [0.1, 0.15) is 5.56 Å². The summed E-state index contributed by atoms with van der Waals surface area (Å²) in [6.45, 7) is 0. The lowest BCUT2D eigenvalue weighted by atomic mass is 10.2. The van der Waals surface area contributed by atoms with Crippen LogP contribution in [0.2, 0.25) is 5.02 Å². The summed E-state index contributed by atoms with van der Waals surface area (Å²) in [7, 11) is 0. The molecule has 2 aromatic carbocycles. The lowest BCUT2D eigenvalue weighted by molar-refractivity contribution is 0.474. The van der Waals surface area contributed by atoms with Crippen molar-refractivity contribution in [3.05, 3.63) is 63.7 Å². The molecule has 0 fully saturated rings. The van der Waals surface area contributed by atoms with Crippen molar-refractivity contribution >= 4 is 50.3 Å². The highest BCUT2D eigenvalue weighted by Gasteiger charge is 2.05. The highest BCUT2D eigenvalue weighted by Crippen LogP contribution is 2.30. The van der Waals surface area contributed by atoms with Crippen LogP contribution in [0.4, 0.5) is 5.69 Å². The summed E-state index contributed by atoms with van der Waals surface area (Å²) in [5.74, 6) is 0.174. The number of hydrogen-bond donors (Lipinski definition) is 1. The molecule has 3 nitrogen and oxygen atoms in total. The van der Waals surface area contributed by atoms with Gasteiger partial charge in [0.1, 0.15) is 5.75 Å². The summed E-state index contributed by atoms with van der Waals surface area (Å²) < 4.78 is 0.876. The summed E-state index contributed by atoms with van der Waals surface area (Å²) in [5.41, 5.74) is 2.06. The molecule has 0 aliphatic carbocycles. The van der Waals surface area contributed by atoms with Gasteiger partial charge in [-0.1, -0.05) is 27.5 Å². The predicted molar refractivity (Wildman–Crippen MR) is 89.8 cm³/mol. The van der Waals surface area contributed by atoms with E-state index in [1.54, 1.807) is 36.7 Å². The van der Waals surface area contributed by atoms with Gasteiger partial charge in [-0.05, 0) is 42.5 Å². The number of nitrogens with zero attached hydrogens (tertiary/aromatic N) is 2. The summed E-state index contributed by atoms with van der Waals surface area (Å²) in [5, 5.41) is 11.3. The van der Waals surface area contributed by atoms with Gasteiger partial charge < -0.3 is 5.11 Å². The second kappa shape index (κ2) is 5.84. The van der Waals surface area contributed by atoms with Crippen LogP contribution >= 0.6 is 27.5 Å². The molecule has 0 unspecified atom stereocenters. The van der Waals surface area contributed by atoms with Crippen molar-refractivity contribution in [2.75, 3.05) is 0 Å². The third kappa shape index (κ3) is 2.91. The molecule has 21 heavy (non-hydrogen) atoms. The third-order valence-electron chi connectivity index (χ3n) is 3.03. The fourth-order valence-corrected chi connectivity index (χ4v) is 2.59. The number of fused-ring (bicyclic) bond motifs is 1. The molecule has 0 atom stereocenters. The number of halogens is 2. The van der Waals surface area contributed by atoms with Crippen LogP contribution in [0.3, 0.4) is 0 Å². The van der Waals surface area contributed by atoms with Crippen LogP contribution in [0.15, 0.2) is 58.1 Å². The van der Waals surface area contributed by atoms with E-state index < -0.39 is 0 Å². The zero-order valence-corrected chi connectivity index (χ0v) is 13.1. The first kappa shape index (κ1) is 14.0. The number of phenols is 1. The number of hydrogen-bond acceptors (Lipinski definition) is 3. The standard InChI is InChI=1S/C16H10BrClN2O/c17-11-3-6-15(21)10(8-11)9-20-14-5-4-13(18)12-2-1-7-19-16(12)14/h1-9,21H. The van der Waals surface area contributed by atoms with Crippen LogP contribution < -0.4 is 0 Å². The Balaban J connectivity index is 2.08. The van der Waals surface area contributed by atoms with E-state index in [1.807, 2.05) is 18.2 Å². The second-order valence-corrected chi connectivity index (χ2v) is 5.75. The highest BCUT2D eigenvalue weighted by atomic mass is 79.9. The van der Waals surface area contributed by atoms with Crippen molar-refractivity contribution in [2.45, 2.75) is 0 Å². The van der Waals surface area contributed by atoms with E-state index in [2.05, 4.69) is 25.9 Å². The third-order valence-corrected chi connectivity index (χ3v) is 3.85. The zero-order chi connectivity index (χ0) is 14.8. The lowest BCUT2D eigenvalue weighted by Gasteiger charge is -2.03. The SMILES string of the molecule is Oc1ccc(Br)cc1C=Nc1ccc(Cl)c2cccnc12. The summed E-state index contributed by atoms with van der Waals surface area (Å²) >= 11 is 9.52. The first-order valence-corrected chi connectivity index (χ1v) is 7.38. The molecule has 1 aromatic heterocycles. The molecule has 3 rings (SSSR count). The number of pyridine rings is 1. The van der Waals surface area contributed by atoms with E-state index >= 15 is 0 Å². The van der Waals surface area contributed by atoms with Crippen molar-refractivity contribution in [3.8, 4) is 5.75 Å². The van der Waals surface area contributed by atoms with Gasteiger partial charge in [-0.2, -0.15) is 0 Å². The highest BCUT2D eigenvalue weighted by molar-refractivity contribution is 9.10. The van der Waals surface area contributed by atoms with Crippen LogP contribution in [0, 0.1) is 0 Å². The molecule has 0 bridgehead atoms. The Kier molecular flexibility index (Phi) is 3.90. The van der Waals surface area contributed by atoms with Crippen molar-refractivity contribution in [2.24, 2.45) is 4.99 Å². The largest absolute Gasteiger partial charge is 0.507 e. The van der Waals surface area contributed by atoms with Gasteiger partial charge in [0.25, 0.3) is 0 Å². The molecule has 3 aromatic rings. The fraction of sp³-hybridized carbons (Fsp3) is 0. The Bertz CT molecular complexity index is 849. The first-order valence-electron chi connectivity index (χ1n) is 6.21. The normalized spacial score (nSPS) is 11.3. The monoisotopic (exact) mass is 360 g/mol. The Morgan fingerprint density at radius 2 is 2.05 bits per heavy atom. The van der Waals surface area contributed by atoms with Gasteiger partial charge in [-0.25, -0.2) is 0 Å². The van der Waals surface area contributed by atoms with Crippen LogP contribution in [-0.4, -0.2) is 16.3 Å². The number of aromatic nitrogens is 1. The van der Waals surface area contributed by atoms with Crippen molar-refractivity contribution in [1.29, 1.82) is 0 Å². The minimum absolute atomic E-state index is 0.174. The van der Waals surface area contributed by atoms with Gasteiger partial charge in [-0.3, -0.25) is 9.98 Å². The minimum atomic E-state index is 0.174. The number of aliphatic imine (C=N–C) groups is 1. The van der Waals surface area contributed by atoms with Crippen molar-refractivity contribution < 1.29 is 5.11 Å². The Labute approximate surface area is 135 Å². The number of rotatable bonds is 2. The van der Waals surface area contributed by atoms with E-state index in [0.717, 1.165) is 15.4 Å². The van der Waals surface area contributed by atoms with Gasteiger partial charge in [0.05, 0.1) is 16.2 Å². The maximum atomic E-state index is 9.82. The molecule has 0 aliphatic heterocycles. The average Bonchev–Trinajstić information content (AvgIpc) is 2.50. The number of phenolic OH excluding ortho intramolecular Hbond substituents is 1. The van der Waals surface area contributed by atoms with Gasteiger partial charge in [0.2, 0.25) is 0 Å². The maximum absolute atomic E-state index is 9.82. The summed E-state index contributed by atoms with van der Waals surface area (Å²) in [6, 6.07) is 12.5. The van der Waals surface area contributed by atoms with Gasteiger partial charge in [-0.15, -0.1) is 0 Å². The molecule has 0 spiro atoms. The number of aromatic hydroxyl groups is 1. The Morgan fingerprint density at radius 1 is 1.19 bits per heavy atom. The first-order chi connectivity index (χ1) is 10.1. The molecule has 1 heterocycles. The molecular formula is C16H10BrClN2O. The fourth-order valence-electron chi connectivity index (χ4n) is 1.99. The average molecular weight is 362 g/mol. The van der Waals surface area contributed by atoms with Gasteiger partial charge in [0.15, 0.2) is 0 Å². The lowest BCUT2D eigenvalue weighted by Crippen LogP contribution is -1.84. The molecule has 0 amide bonds. The maximum Gasteiger partial charge on any atom is 0.124 e. The molecule has 0 saturated carbocycles. The molecule has 1 N–H and O–H groups in total. The van der Waals surface area contributed by atoms with E-state index in [0.29, 0.717) is 16.3 Å². The smallest absolute Gasteiger partial charge is 0.124 e. The minimum Gasteiger partial charge on any atom is -0.507 e. The number of benzene rings is 2. The van der Waals surface area contributed by atoms with E-state index in [9.17, 15) is 5.11 Å². The predicted octanol–water partition coefficient (Wildman–Crippen LogP) is 5.11. The summed E-state index contributed by atoms with van der Waals surface area (Å²) in [4.78, 5) is 8.75. The quantitative estimate of drug-likeness (QED) is 0.645. The molecular weight excluding hydrogens is 352 g/mol. The van der Waals surface area contributed by atoms with Crippen LogP contribution in [-0.2, 0) is 0 Å². The van der Waals surface area contributed by atoms with Crippen molar-refractivity contribution in [1.82, 2.24) is 4.98 Å². The Morgan fingerprint density at radius 3 is 2.90 bits per heavy atom. The molecule has 0 radical (unpaired) electrons. The topological polar surface area (TPSA) is 45.5 Å². The van der Waals surface area contributed by atoms with Crippen molar-refractivity contribution in [3.63, 3.8) is 0 Å². The van der Waals surface area contributed by atoms with Gasteiger partial charge >= 0.3 is 0 Å². The van der Waals surface area contributed by atoms with Crippen LogP contribution in [0.5, 0.6) is 5.75 Å². The summed E-state index contributed by atoms with van der Waals surface area (Å²) in [6.07, 6.45) is 3.31. The van der Waals surface area contributed by atoms with Crippen LogP contribution in [0.25, 0.3) is 10.9 Å². The molecule has 5 heteroatoms. The van der Waals surface area contributed by atoms with E-state index in [-0.39, 0.29) is 5.75 Å².